The van der Waals surface area contributed by atoms with Gasteiger partial charge in [-0.05, 0) is 19.9 Å². The highest BCUT2D eigenvalue weighted by molar-refractivity contribution is 5.43. The van der Waals surface area contributed by atoms with Crippen LogP contribution in [0.3, 0.4) is 0 Å². The van der Waals surface area contributed by atoms with E-state index in [0.717, 1.165) is 17.2 Å². The van der Waals surface area contributed by atoms with Crippen LogP contribution in [0.15, 0.2) is 12.3 Å². The molecule has 5 heteroatoms. The fraction of sp³-hybridized carbons (Fsp3) is 0.400. The lowest BCUT2D eigenvalue weighted by Crippen LogP contribution is -2.13. The van der Waals surface area contributed by atoms with Crippen molar-refractivity contribution in [2.45, 2.75) is 20.0 Å². The third-order valence-electron chi connectivity index (χ3n) is 2.52. The monoisotopic (exact) mass is 206 g/mol. The minimum Gasteiger partial charge on any atom is -0.385 e. The van der Waals surface area contributed by atoms with Crippen LogP contribution in [0.2, 0.25) is 0 Å². The molecule has 0 aliphatic carbocycles. The molecular formula is C10H14N4O. The number of imidazole rings is 1. The van der Waals surface area contributed by atoms with Crippen LogP contribution in [0.5, 0.6) is 0 Å². The molecule has 80 valence electrons. The average molecular weight is 206 g/mol. The van der Waals surface area contributed by atoms with Crippen LogP contribution < -0.4 is 5.73 Å². The Bertz CT molecular complexity index is 491. The van der Waals surface area contributed by atoms with Crippen molar-refractivity contribution in [3.63, 3.8) is 0 Å². The van der Waals surface area contributed by atoms with Crippen molar-refractivity contribution in [3.05, 3.63) is 29.5 Å². The van der Waals surface area contributed by atoms with Crippen LogP contribution in [-0.4, -0.2) is 26.0 Å². The van der Waals surface area contributed by atoms with E-state index in [1.165, 1.54) is 0 Å². The Morgan fingerprint density at radius 1 is 1.53 bits per heavy atom. The first-order valence-electron chi connectivity index (χ1n) is 4.84. The van der Waals surface area contributed by atoms with E-state index in [9.17, 15) is 5.11 Å². The van der Waals surface area contributed by atoms with Crippen LogP contribution >= 0.6 is 0 Å². The predicted molar refractivity (Wildman–Crippen MR) is 56.5 cm³/mol. The minimum atomic E-state index is -0.704. The number of aryl methyl sites for hydroxylation is 2. The van der Waals surface area contributed by atoms with Crippen molar-refractivity contribution >= 4 is 5.65 Å². The highest BCUT2D eigenvalue weighted by Crippen LogP contribution is 2.18. The van der Waals surface area contributed by atoms with E-state index in [1.54, 1.807) is 6.20 Å². The Morgan fingerprint density at radius 3 is 2.87 bits per heavy atom. The molecule has 3 N–H and O–H groups in total. The summed E-state index contributed by atoms with van der Waals surface area (Å²) in [7, 11) is 0. The van der Waals surface area contributed by atoms with Gasteiger partial charge >= 0.3 is 0 Å². The highest BCUT2D eigenvalue weighted by atomic mass is 16.3. The predicted octanol–water partition coefficient (Wildman–Crippen LogP) is 0.338. The zero-order valence-corrected chi connectivity index (χ0v) is 8.81. The van der Waals surface area contributed by atoms with Gasteiger partial charge in [0.1, 0.15) is 17.6 Å². The van der Waals surface area contributed by atoms with E-state index in [0.29, 0.717) is 5.69 Å². The second kappa shape index (κ2) is 3.60. The average Bonchev–Trinajstić information content (AvgIpc) is 2.56. The van der Waals surface area contributed by atoms with Crippen molar-refractivity contribution in [1.82, 2.24) is 14.4 Å². The van der Waals surface area contributed by atoms with Crippen molar-refractivity contribution in [2.75, 3.05) is 6.54 Å². The number of hydrogen-bond donors (Lipinski definition) is 2. The Labute approximate surface area is 87.6 Å². The summed E-state index contributed by atoms with van der Waals surface area (Å²) in [5.41, 5.74) is 7.74. The van der Waals surface area contributed by atoms with E-state index in [-0.39, 0.29) is 6.54 Å². The summed E-state index contributed by atoms with van der Waals surface area (Å²) < 4.78 is 1.91. The number of fused-ring (bicyclic) bond motifs is 1. The lowest BCUT2D eigenvalue weighted by Gasteiger charge is -2.05. The molecule has 0 aromatic carbocycles. The second-order valence-corrected chi connectivity index (χ2v) is 3.52. The SMILES string of the molecule is Cc1nccc2nc(C(O)CN)c(C)n12. The third-order valence-corrected chi connectivity index (χ3v) is 2.52. The molecule has 0 aliphatic heterocycles. The summed E-state index contributed by atoms with van der Waals surface area (Å²) in [4.78, 5) is 8.51. The third kappa shape index (κ3) is 1.49. The molecule has 15 heavy (non-hydrogen) atoms. The van der Waals surface area contributed by atoms with Crippen LogP contribution in [0.25, 0.3) is 5.65 Å². The summed E-state index contributed by atoms with van der Waals surface area (Å²) in [6.07, 6.45) is 1.000. The number of nitrogens with zero attached hydrogens (tertiary/aromatic N) is 3. The van der Waals surface area contributed by atoms with E-state index < -0.39 is 6.10 Å². The molecule has 0 saturated carbocycles. The summed E-state index contributed by atoms with van der Waals surface area (Å²) in [5.74, 6) is 0.855. The van der Waals surface area contributed by atoms with Gasteiger partial charge in [0.25, 0.3) is 0 Å². The van der Waals surface area contributed by atoms with Gasteiger partial charge in [0.2, 0.25) is 0 Å². The first-order chi connectivity index (χ1) is 7.15. The van der Waals surface area contributed by atoms with Crippen LogP contribution in [0.1, 0.15) is 23.3 Å². The second-order valence-electron chi connectivity index (χ2n) is 3.52. The molecule has 2 aromatic rings. The Kier molecular flexibility index (Phi) is 2.42. The van der Waals surface area contributed by atoms with Gasteiger partial charge in [-0.2, -0.15) is 0 Å². The maximum atomic E-state index is 9.68. The number of hydrogen-bond acceptors (Lipinski definition) is 4. The summed E-state index contributed by atoms with van der Waals surface area (Å²) >= 11 is 0. The molecule has 0 aliphatic rings. The maximum absolute atomic E-state index is 9.68. The Morgan fingerprint density at radius 2 is 2.27 bits per heavy atom. The lowest BCUT2D eigenvalue weighted by molar-refractivity contribution is 0.181. The smallest absolute Gasteiger partial charge is 0.140 e. The molecule has 1 atom stereocenters. The van der Waals surface area contributed by atoms with Crippen LogP contribution in [0.4, 0.5) is 0 Å². The molecule has 0 amide bonds. The van der Waals surface area contributed by atoms with Gasteiger partial charge in [-0.25, -0.2) is 9.97 Å². The number of aliphatic hydroxyl groups is 1. The molecule has 2 aromatic heterocycles. The van der Waals surface area contributed by atoms with E-state index in [4.69, 9.17) is 5.73 Å². The molecule has 0 bridgehead atoms. The number of nitrogens with two attached hydrogens (primary N) is 1. The zero-order chi connectivity index (χ0) is 11.0. The molecule has 0 fully saturated rings. The van der Waals surface area contributed by atoms with Crippen LogP contribution in [0, 0.1) is 13.8 Å². The number of aromatic nitrogens is 3. The van der Waals surface area contributed by atoms with Gasteiger partial charge in [0.05, 0.1) is 5.69 Å². The maximum Gasteiger partial charge on any atom is 0.140 e. The largest absolute Gasteiger partial charge is 0.385 e. The molecule has 0 spiro atoms. The van der Waals surface area contributed by atoms with Crippen molar-refractivity contribution in [3.8, 4) is 0 Å². The lowest BCUT2D eigenvalue weighted by atomic mass is 10.2. The molecule has 1 unspecified atom stereocenters. The highest BCUT2D eigenvalue weighted by Gasteiger charge is 2.15. The number of aliphatic hydroxyl groups excluding tert-OH is 1. The standard InChI is InChI=1S/C10H14N4O/c1-6-10(8(15)5-11)13-9-3-4-12-7(2)14(6)9/h3-4,8,15H,5,11H2,1-2H3. The first kappa shape index (κ1) is 10.1. The quantitative estimate of drug-likeness (QED) is 0.742. The zero-order valence-electron chi connectivity index (χ0n) is 8.81. The molecular weight excluding hydrogens is 192 g/mol. The van der Waals surface area contributed by atoms with E-state index >= 15 is 0 Å². The van der Waals surface area contributed by atoms with Gasteiger partial charge in [-0.3, -0.25) is 4.40 Å². The molecule has 0 saturated heterocycles. The molecule has 2 heterocycles. The molecule has 0 radical (unpaired) electrons. The van der Waals surface area contributed by atoms with Gasteiger partial charge in [-0.15, -0.1) is 0 Å². The van der Waals surface area contributed by atoms with Crippen molar-refractivity contribution < 1.29 is 5.11 Å². The number of rotatable bonds is 2. The van der Waals surface area contributed by atoms with Crippen molar-refractivity contribution in [2.24, 2.45) is 5.73 Å². The fourth-order valence-corrected chi connectivity index (χ4v) is 1.76. The summed E-state index contributed by atoms with van der Waals surface area (Å²) in [6, 6.07) is 1.81. The van der Waals surface area contributed by atoms with Crippen LogP contribution in [-0.2, 0) is 0 Å². The fourth-order valence-electron chi connectivity index (χ4n) is 1.76. The minimum absolute atomic E-state index is 0.178. The summed E-state index contributed by atoms with van der Waals surface area (Å²) in [6.45, 7) is 3.99. The van der Waals surface area contributed by atoms with Gasteiger partial charge in [0.15, 0.2) is 0 Å². The topological polar surface area (TPSA) is 76.4 Å². The Hall–Kier alpha value is -1.46. The molecule has 2 rings (SSSR count). The van der Waals surface area contributed by atoms with Gasteiger partial charge in [0, 0.05) is 18.4 Å². The summed E-state index contributed by atoms with van der Waals surface area (Å²) in [5, 5.41) is 9.68. The first-order valence-corrected chi connectivity index (χ1v) is 4.84. The normalized spacial score (nSPS) is 13.3. The Balaban J connectivity index is 2.70. The van der Waals surface area contributed by atoms with Gasteiger partial charge in [-0.1, -0.05) is 0 Å². The van der Waals surface area contributed by atoms with E-state index in [1.807, 2.05) is 24.3 Å². The van der Waals surface area contributed by atoms with Gasteiger partial charge < -0.3 is 10.8 Å². The molecule has 5 nitrogen and oxygen atoms in total. The van der Waals surface area contributed by atoms with E-state index in [2.05, 4.69) is 9.97 Å². The van der Waals surface area contributed by atoms with Crippen molar-refractivity contribution in [1.29, 1.82) is 0 Å².